The van der Waals surface area contributed by atoms with E-state index in [-0.39, 0.29) is 0 Å². The molecule has 2 bridgehead atoms. The summed E-state index contributed by atoms with van der Waals surface area (Å²) in [7, 11) is 2.28. The summed E-state index contributed by atoms with van der Waals surface area (Å²) in [5.41, 5.74) is 3.06. The van der Waals surface area contributed by atoms with Crippen LogP contribution in [0.5, 0.6) is 0 Å². The second kappa shape index (κ2) is 6.02. The van der Waals surface area contributed by atoms with Crippen LogP contribution in [0.3, 0.4) is 0 Å². The van der Waals surface area contributed by atoms with Crippen molar-refractivity contribution in [3.8, 4) is 0 Å². The second-order valence-electron chi connectivity index (χ2n) is 6.97. The Morgan fingerprint density at radius 2 is 2.00 bits per heavy atom. The number of piperidine rings is 1. The largest absolute Gasteiger partial charge is 0.300 e. The second-order valence-corrected chi connectivity index (χ2v) is 6.97. The first-order chi connectivity index (χ1) is 10.1. The minimum atomic E-state index is 0.295. The quantitative estimate of drug-likeness (QED) is 0.628. The van der Waals surface area contributed by atoms with Crippen LogP contribution in [-0.2, 0) is 6.42 Å². The molecule has 0 radical (unpaired) electrons. The van der Waals surface area contributed by atoms with E-state index in [0.717, 1.165) is 24.3 Å². The van der Waals surface area contributed by atoms with E-state index in [1.165, 1.54) is 25.7 Å². The van der Waals surface area contributed by atoms with E-state index in [1.54, 1.807) is 6.33 Å². The Kier molecular flexibility index (Phi) is 4.28. The molecule has 118 valence electrons. The summed E-state index contributed by atoms with van der Waals surface area (Å²) < 4.78 is 2.01. The van der Waals surface area contributed by atoms with E-state index in [1.807, 2.05) is 4.68 Å². The molecule has 2 aliphatic rings. The smallest absolute Gasteiger partial charge is 0.138 e. The summed E-state index contributed by atoms with van der Waals surface area (Å²) >= 11 is 0. The van der Waals surface area contributed by atoms with Crippen molar-refractivity contribution in [2.24, 2.45) is 11.8 Å². The molecule has 1 aromatic heterocycles. The molecule has 2 fully saturated rings. The number of nitrogens with two attached hydrogens (primary N) is 1. The van der Waals surface area contributed by atoms with Gasteiger partial charge in [-0.3, -0.25) is 11.3 Å². The Labute approximate surface area is 127 Å². The zero-order valence-electron chi connectivity index (χ0n) is 13.4. The fourth-order valence-corrected chi connectivity index (χ4v) is 4.19. The third-order valence-electron chi connectivity index (χ3n) is 5.46. The topological polar surface area (TPSA) is 72.0 Å². The summed E-state index contributed by atoms with van der Waals surface area (Å²) in [6.07, 6.45) is 7.70. The highest BCUT2D eigenvalue weighted by Gasteiger charge is 2.41. The predicted molar refractivity (Wildman–Crippen MR) is 82.5 cm³/mol. The average molecular weight is 292 g/mol. The molecule has 3 N–H and O–H groups in total. The van der Waals surface area contributed by atoms with E-state index in [9.17, 15) is 0 Å². The van der Waals surface area contributed by atoms with E-state index < -0.39 is 0 Å². The van der Waals surface area contributed by atoms with E-state index >= 15 is 0 Å². The molecule has 0 amide bonds. The van der Waals surface area contributed by atoms with Crippen LogP contribution in [0.2, 0.25) is 0 Å². The molecule has 1 aromatic rings. The molecule has 0 aromatic carbocycles. The van der Waals surface area contributed by atoms with Crippen LogP contribution in [0.4, 0.5) is 0 Å². The van der Waals surface area contributed by atoms with Gasteiger partial charge in [0.25, 0.3) is 0 Å². The highest BCUT2D eigenvalue weighted by atomic mass is 15.3. The molecule has 0 saturated carbocycles. The number of hydrogen-bond donors (Lipinski definition) is 2. The van der Waals surface area contributed by atoms with Crippen molar-refractivity contribution < 1.29 is 0 Å². The fourth-order valence-electron chi connectivity index (χ4n) is 4.19. The van der Waals surface area contributed by atoms with Crippen LogP contribution in [0.25, 0.3) is 0 Å². The summed E-state index contributed by atoms with van der Waals surface area (Å²) in [5.74, 6) is 7.55. The molecule has 6 nitrogen and oxygen atoms in total. The first-order valence-electron chi connectivity index (χ1n) is 8.16. The maximum Gasteiger partial charge on any atom is 0.138 e. The van der Waals surface area contributed by atoms with Gasteiger partial charge in [-0.15, -0.1) is 0 Å². The molecule has 3 atom stereocenters. The average Bonchev–Trinajstić information content (AvgIpc) is 2.98. The minimum Gasteiger partial charge on any atom is -0.300 e. The van der Waals surface area contributed by atoms with Crippen LogP contribution in [0, 0.1) is 5.92 Å². The van der Waals surface area contributed by atoms with Crippen molar-refractivity contribution in [2.45, 2.75) is 70.1 Å². The fraction of sp³-hybridized carbons (Fsp3) is 0.867. The molecular weight excluding hydrogens is 264 g/mol. The van der Waals surface area contributed by atoms with Crippen molar-refractivity contribution in [3.05, 3.63) is 12.2 Å². The summed E-state index contributed by atoms with van der Waals surface area (Å²) in [6, 6.07) is 2.12. The number of hydrogen-bond acceptors (Lipinski definition) is 5. The van der Waals surface area contributed by atoms with E-state index in [4.69, 9.17) is 5.84 Å². The number of nitrogens with one attached hydrogen (secondary N) is 1. The van der Waals surface area contributed by atoms with Crippen molar-refractivity contribution in [1.29, 1.82) is 0 Å². The Morgan fingerprint density at radius 1 is 1.33 bits per heavy atom. The van der Waals surface area contributed by atoms with Gasteiger partial charge in [-0.05, 0) is 52.5 Å². The number of hydrazine groups is 1. The lowest BCUT2D eigenvalue weighted by atomic mass is 9.84. The number of rotatable bonds is 5. The van der Waals surface area contributed by atoms with Crippen molar-refractivity contribution >= 4 is 0 Å². The van der Waals surface area contributed by atoms with Crippen LogP contribution in [0.1, 0.15) is 51.4 Å². The summed E-state index contributed by atoms with van der Waals surface area (Å²) in [4.78, 5) is 7.00. The predicted octanol–water partition coefficient (Wildman–Crippen LogP) is 1.11. The Hall–Kier alpha value is -0.980. The van der Waals surface area contributed by atoms with Crippen LogP contribution >= 0.6 is 0 Å². The molecule has 2 aliphatic heterocycles. The minimum absolute atomic E-state index is 0.295. The number of fused-ring (bicyclic) bond motifs is 2. The lowest BCUT2D eigenvalue weighted by Gasteiger charge is -2.39. The van der Waals surface area contributed by atoms with Crippen molar-refractivity contribution in [2.75, 3.05) is 7.05 Å². The van der Waals surface area contributed by atoms with Crippen molar-refractivity contribution in [1.82, 2.24) is 25.1 Å². The third-order valence-corrected chi connectivity index (χ3v) is 5.46. The molecule has 3 rings (SSSR count). The number of nitrogens with zero attached hydrogens (tertiary/aromatic N) is 4. The highest BCUT2D eigenvalue weighted by molar-refractivity contribution is 5.00. The van der Waals surface area contributed by atoms with E-state index in [0.29, 0.717) is 18.0 Å². The van der Waals surface area contributed by atoms with Crippen LogP contribution < -0.4 is 11.3 Å². The van der Waals surface area contributed by atoms with Gasteiger partial charge in [0.2, 0.25) is 0 Å². The van der Waals surface area contributed by atoms with Crippen molar-refractivity contribution in [3.63, 3.8) is 0 Å². The van der Waals surface area contributed by atoms with Gasteiger partial charge >= 0.3 is 0 Å². The van der Waals surface area contributed by atoms with Gasteiger partial charge in [-0.2, -0.15) is 5.10 Å². The van der Waals surface area contributed by atoms with Gasteiger partial charge in [-0.25, -0.2) is 9.67 Å². The summed E-state index contributed by atoms with van der Waals surface area (Å²) in [6.45, 7) is 4.28. The molecule has 3 unspecified atom stereocenters. The van der Waals surface area contributed by atoms with Gasteiger partial charge in [0.1, 0.15) is 12.2 Å². The standard InChI is InChI=1S/C15H28N6/c1-10(2)21-15(17-9-18-21)8-14(19-16)11-6-12-4-5-13(7-11)20(12)3/h9-14,19H,4-8,16H2,1-3H3. The lowest BCUT2D eigenvalue weighted by Crippen LogP contribution is -2.50. The van der Waals surface area contributed by atoms with Gasteiger partial charge < -0.3 is 4.90 Å². The highest BCUT2D eigenvalue weighted by Crippen LogP contribution is 2.39. The van der Waals surface area contributed by atoms with Gasteiger partial charge in [0, 0.05) is 30.6 Å². The zero-order valence-corrected chi connectivity index (χ0v) is 13.4. The Morgan fingerprint density at radius 3 is 2.57 bits per heavy atom. The molecule has 0 spiro atoms. The molecule has 6 heteroatoms. The summed E-state index contributed by atoms with van der Waals surface area (Å²) in [5, 5.41) is 4.33. The number of aromatic nitrogens is 3. The third kappa shape index (κ3) is 2.84. The molecular formula is C15H28N6. The maximum atomic E-state index is 5.87. The first kappa shape index (κ1) is 14.9. The van der Waals surface area contributed by atoms with Crippen LogP contribution in [0.15, 0.2) is 6.33 Å². The van der Waals surface area contributed by atoms with Gasteiger partial charge in [0.15, 0.2) is 0 Å². The van der Waals surface area contributed by atoms with Gasteiger partial charge in [0.05, 0.1) is 0 Å². The van der Waals surface area contributed by atoms with Gasteiger partial charge in [-0.1, -0.05) is 0 Å². The molecule has 2 saturated heterocycles. The molecule has 3 heterocycles. The Balaban J connectivity index is 1.70. The molecule has 21 heavy (non-hydrogen) atoms. The first-order valence-corrected chi connectivity index (χ1v) is 8.16. The SMILES string of the molecule is CC(C)n1ncnc1CC(NN)C1CC2CCC(C1)N2C. The van der Waals surface area contributed by atoms with E-state index in [2.05, 4.69) is 41.3 Å². The normalized spacial score (nSPS) is 31.0. The Bertz CT molecular complexity index is 456. The monoisotopic (exact) mass is 292 g/mol. The zero-order chi connectivity index (χ0) is 15.0. The molecule has 0 aliphatic carbocycles. The maximum absolute atomic E-state index is 5.87. The lowest BCUT2D eigenvalue weighted by molar-refractivity contribution is 0.111. The van der Waals surface area contributed by atoms with Crippen LogP contribution in [-0.4, -0.2) is 44.8 Å².